The van der Waals surface area contributed by atoms with Crippen molar-refractivity contribution in [3.05, 3.63) is 29.8 Å². The third-order valence-electron chi connectivity index (χ3n) is 3.21. The monoisotopic (exact) mass is 250 g/mol. The van der Waals surface area contributed by atoms with E-state index in [0.29, 0.717) is 19.3 Å². The minimum absolute atomic E-state index is 0.0918. The van der Waals surface area contributed by atoms with Crippen LogP contribution in [0.4, 0.5) is 5.69 Å². The van der Waals surface area contributed by atoms with E-state index in [1.54, 1.807) is 0 Å². The van der Waals surface area contributed by atoms with Crippen molar-refractivity contribution in [3.8, 4) is 0 Å². The molecule has 1 unspecified atom stereocenters. The zero-order valence-electron chi connectivity index (χ0n) is 10.9. The molecule has 100 valence electrons. The maximum absolute atomic E-state index is 8.70. The van der Waals surface area contributed by atoms with Gasteiger partial charge in [0.15, 0.2) is 0 Å². The maximum atomic E-state index is 8.70. The van der Waals surface area contributed by atoms with E-state index in [1.807, 2.05) is 0 Å². The largest absolute Gasteiger partial charge is 0.394 e. The van der Waals surface area contributed by atoms with E-state index in [0.717, 1.165) is 19.6 Å². The zero-order valence-corrected chi connectivity index (χ0v) is 10.9. The fraction of sp³-hybridized carbons (Fsp3) is 0.571. The second-order valence-corrected chi connectivity index (χ2v) is 4.69. The number of nitrogens with one attached hydrogen (secondary N) is 1. The fourth-order valence-corrected chi connectivity index (χ4v) is 2.30. The van der Waals surface area contributed by atoms with Gasteiger partial charge in [0.1, 0.15) is 0 Å². The number of fused-ring (bicyclic) bond motifs is 1. The zero-order chi connectivity index (χ0) is 12.8. The molecule has 0 fully saturated rings. The van der Waals surface area contributed by atoms with E-state index in [4.69, 9.17) is 9.84 Å². The first-order valence-corrected chi connectivity index (χ1v) is 6.56. The van der Waals surface area contributed by atoms with E-state index in [1.165, 1.54) is 11.3 Å². The number of aliphatic hydroxyl groups excluding tert-OH is 1. The number of anilines is 1. The number of hydrogen-bond donors (Lipinski definition) is 2. The third kappa shape index (κ3) is 3.45. The van der Waals surface area contributed by atoms with Gasteiger partial charge < -0.3 is 20.1 Å². The molecular weight excluding hydrogens is 228 g/mol. The van der Waals surface area contributed by atoms with E-state index >= 15 is 0 Å². The van der Waals surface area contributed by atoms with Crippen LogP contribution in [0.2, 0.25) is 0 Å². The van der Waals surface area contributed by atoms with Crippen molar-refractivity contribution in [2.75, 3.05) is 37.8 Å². The van der Waals surface area contributed by atoms with Gasteiger partial charge in [0.05, 0.1) is 19.8 Å². The molecular formula is C14H22N2O2. The Morgan fingerprint density at radius 1 is 1.39 bits per heavy atom. The molecule has 4 nitrogen and oxygen atoms in total. The number of rotatable bonds is 5. The Kier molecular flexibility index (Phi) is 4.99. The Morgan fingerprint density at radius 3 is 3.06 bits per heavy atom. The Hall–Kier alpha value is -1.10. The van der Waals surface area contributed by atoms with Crippen LogP contribution in [-0.4, -0.2) is 44.1 Å². The van der Waals surface area contributed by atoms with Crippen LogP contribution in [0, 0.1) is 0 Å². The van der Waals surface area contributed by atoms with Crippen LogP contribution in [0.5, 0.6) is 0 Å². The van der Waals surface area contributed by atoms with Gasteiger partial charge in [0.2, 0.25) is 0 Å². The number of para-hydroxylation sites is 1. The molecule has 4 heteroatoms. The SMILES string of the molecule is CC1CN(CCOCCO)c2ccccc2CN1. The molecule has 1 heterocycles. The average molecular weight is 250 g/mol. The summed E-state index contributed by atoms with van der Waals surface area (Å²) in [5.74, 6) is 0. The van der Waals surface area contributed by atoms with Gasteiger partial charge in [-0.2, -0.15) is 0 Å². The summed E-state index contributed by atoms with van der Waals surface area (Å²) in [5.41, 5.74) is 2.63. The predicted molar refractivity (Wildman–Crippen MR) is 72.9 cm³/mol. The standard InChI is InChI=1S/C14H22N2O2/c1-12-11-16(6-8-18-9-7-17)14-5-3-2-4-13(14)10-15-12/h2-5,12,15,17H,6-11H2,1H3. The third-order valence-corrected chi connectivity index (χ3v) is 3.21. The van der Waals surface area contributed by atoms with E-state index in [9.17, 15) is 0 Å². The predicted octanol–water partition coefficient (Wildman–Crippen LogP) is 0.994. The highest BCUT2D eigenvalue weighted by atomic mass is 16.5. The molecule has 1 aliphatic heterocycles. The Morgan fingerprint density at radius 2 is 2.22 bits per heavy atom. The number of nitrogens with zero attached hydrogens (tertiary/aromatic N) is 1. The van der Waals surface area contributed by atoms with E-state index < -0.39 is 0 Å². The van der Waals surface area contributed by atoms with Crippen LogP contribution in [0.25, 0.3) is 0 Å². The molecule has 0 aromatic heterocycles. The van der Waals surface area contributed by atoms with Crippen molar-refractivity contribution < 1.29 is 9.84 Å². The Labute approximate surface area is 109 Å². The molecule has 0 spiro atoms. The second kappa shape index (κ2) is 6.73. The van der Waals surface area contributed by atoms with Crippen LogP contribution in [0.15, 0.2) is 24.3 Å². The first-order chi connectivity index (χ1) is 8.81. The molecule has 2 rings (SSSR count). The molecule has 0 amide bonds. The van der Waals surface area contributed by atoms with Gasteiger partial charge in [-0.3, -0.25) is 0 Å². The molecule has 0 saturated carbocycles. The van der Waals surface area contributed by atoms with Crippen LogP contribution >= 0.6 is 0 Å². The summed E-state index contributed by atoms with van der Waals surface area (Å²) in [6.07, 6.45) is 0. The van der Waals surface area contributed by atoms with Gasteiger partial charge in [-0.25, -0.2) is 0 Å². The van der Waals surface area contributed by atoms with Crippen molar-refractivity contribution in [1.82, 2.24) is 5.32 Å². The summed E-state index contributed by atoms with van der Waals surface area (Å²) in [4.78, 5) is 2.36. The summed E-state index contributed by atoms with van der Waals surface area (Å²) in [5, 5.41) is 12.2. The van der Waals surface area contributed by atoms with Crippen molar-refractivity contribution in [2.45, 2.75) is 19.5 Å². The summed E-state index contributed by atoms with van der Waals surface area (Å²) in [6.45, 7) is 6.14. The first kappa shape index (κ1) is 13.3. The molecule has 0 bridgehead atoms. The average Bonchev–Trinajstić information content (AvgIpc) is 2.55. The first-order valence-electron chi connectivity index (χ1n) is 6.56. The number of benzene rings is 1. The normalized spacial score (nSPS) is 19.4. The maximum Gasteiger partial charge on any atom is 0.0698 e. The van der Waals surface area contributed by atoms with Crippen molar-refractivity contribution in [1.29, 1.82) is 0 Å². The number of hydrogen-bond acceptors (Lipinski definition) is 4. The lowest BCUT2D eigenvalue weighted by atomic mass is 10.1. The highest BCUT2D eigenvalue weighted by Crippen LogP contribution is 2.22. The lowest BCUT2D eigenvalue weighted by Gasteiger charge is -2.26. The molecule has 1 atom stereocenters. The van der Waals surface area contributed by atoms with Gasteiger partial charge in [-0.1, -0.05) is 18.2 Å². The summed E-state index contributed by atoms with van der Waals surface area (Å²) in [6, 6.07) is 8.96. The Balaban J connectivity index is 2.02. The lowest BCUT2D eigenvalue weighted by molar-refractivity contribution is 0.0965. The minimum Gasteiger partial charge on any atom is -0.394 e. The molecule has 1 aromatic rings. The summed E-state index contributed by atoms with van der Waals surface area (Å²) >= 11 is 0. The van der Waals surface area contributed by atoms with Gasteiger partial charge >= 0.3 is 0 Å². The second-order valence-electron chi connectivity index (χ2n) is 4.69. The Bertz CT molecular complexity index is 371. The van der Waals surface area contributed by atoms with Crippen molar-refractivity contribution >= 4 is 5.69 Å². The molecule has 2 N–H and O–H groups in total. The number of ether oxygens (including phenoxy) is 1. The van der Waals surface area contributed by atoms with Crippen LogP contribution < -0.4 is 10.2 Å². The molecule has 1 aromatic carbocycles. The van der Waals surface area contributed by atoms with Gasteiger partial charge in [0, 0.05) is 31.4 Å². The molecule has 0 saturated heterocycles. The molecule has 18 heavy (non-hydrogen) atoms. The smallest absolute Gasteiger partial charge is 0.0698 e. The van der Waals surface area contributed by atoms with E-state index in [-0.39, 0.29) is 6.61 Å². The van der Waals surface area contributed by atoms with E-state index in [2.05, 4.69) is 41.4 Å². The van der Waals surface area contributed by atoms with Gasteiger partial charge in [0.25, 0.3) is 0 Å². The molecule has 1 aliphatic rings. The quantitative estimate of drug-likeness (QED) is 0.765. The van der Waals surface area contributed by atoms with Crippen LogP contribution in [0.3, 0.4) is 0 Å². The molecule has 0 aliphatic carbocycles. The topological polar surface area (TPSA) is 44.7 Å². The van der Waals surface area contributed by atoms with Crippen molar-refractivity contribution in [2.24, 2.45) is 0 Å². The molecule has 0 radical (unpaired) electrons. The van der Waals surface area contributed by atoms with Crippen molar-refractivity contribution in [3.63, 3.8) is 0 Å². The lowest BCUT2D eigenvalue weighted by Crippen LogP contribution is -2.37. The summed E-state index contributed by atoms with van der Waals surface area (Å²) in [7, 11) is 0. The summed E-state index contributed by atoms with van der Waals surface area (Å²) < 4.78 is 5.36. The highest BCUT2D eigenvalue weighted by molar-refractivity contribution is 5.54. The van der Waals surface area contributed by atoms with Gasteiger partial charge in [-0.05, 0) is 18.6 Å². The van der Waals surface area contributed by atoms with Crippen LogP contribution in [-0.2, 0) is 11.3 Å². The minimum atomic E-state index is 0.0918. The number of aliphatic hydroxyl groups is 1. The van der Waals surface area contributed by atoms with Gasteiger partial charge in [-0.15, -0.1) is 0 Å². The highest BCUT2D eigenvalue weighted by Gasteiger charge is 2.17. The van der Waals surface area contributed by atoms with Crippen LogP contribution in [0.1, 0.15) is 12.5 Å². The fourth-order valence-electron chi connectivity index (χ4n) is 2.30.